The summed E-state index contributed by atoms with van der Waals surface area (Å²) in [6, 6.07) is 0. The Labute approximate surface area is 132 Å². The standard InChI is InChI=1S/C19H28O3/c1-18-10-8-14-12(13(18)6-7-17(18)22)4-5-15-16(21)3-2-9-19(14,15)11-20/h5,12-14,16,20-21H,2-4,6-11H2,1H3/t12?,13?,14?,16-,18+,19+/m1/s1. The van der Waals surface area contributed by atoms with E-state index in [4.69, 9.17) is 0 Å². The molecule has 22 heavy (non-hydrogen) atoms. The summed E-state index contributed by atoms with van der Waals surface area (Å²) in [5.41, 5.74) is 0.805. The summed E-state index contributed by atoms with van der Waals surface area (Å²) in [5, 5.41) is 20.7. The van der Waals surface area contributed by atoms with Gasteiger partial charge in [-0.2, -0.15) is 0 Å². The van der Waals surface area contributed by atoms with Crippen LogP contribution in [0.5, 0.6) is 0 Å². The largest absolute Gasteiger partial charge is 0.395 e. The molecule has 4 rings (SSSR count). The summed E-state index contributed by atoms with van der Waals surface area (Å²) < 4.78 is 0. The number of allylic oxidation sites excluding steroid dienone is 1. The Bertz CT molecular complexity index is 525. The fraction of sp³-hybridized carbons (Fsp3) is 0.842. The first kappa shape index (κ1) is 14.9. The van der Waals surface area contributed by atoms with Crippen LogP contribution in [0.15, 0.2) is 11.6 Å². The van der Waals surface area contributed by atoms with Crippen LogP contribution in [0.1, 0.15) is 58.3 Å². The van der Waals surface area contributed by atoms with Crippen molar-refractivity contribution >= 4 is 5.78 Å². The SMILES string of the molecule is C[C@]12CCC3C(CC=C4[C@H](O)CCC[C@@]43CO)C1CCC2=O. The first-order valence-electron chi connectivity index (χ1n) is 9.06. The van der Waals surface area contributed by atoms with Gasteiger partial charge in [0.05, 0.1) is 12.7 Å². The molecule has 3 saturated carbocycles. The molecule has 3 nitrogen and oxygen atoms in total. The van der Waals surface area contributed by atoms with E-state index < -0.39 is 0 Å². The van der Waals surface area contributed by atoms with Gasteiger partial charge in [0.2, 0.25) is 0 Å². The zero-order valence-electron chi connectivity index (χ0n) is 13.6. The van der Waals surface area contributed by atoms with E-state index in [1.807, 2.05) is 0 Å². The Hall–Kier alpha value is -0.670. The quantitative estimate of drug-likeness (QED) is 0.732. The van der Waals surface area contributed by atoms with E-state index in [1.165, 1.54) is 0 Å². The lowest BCUT2D eigenvalue weighted by Crippen LogP contribution is -2.54. The topological polar surface area (TPSA) is 57.5 Å². The summed E-state index contributed by atoms with van der Waals surface area (Å²) >= 11 is 0. The number of fused-ring (bicyclic) bond motifs is 5. The van der Waals surface area contributed by atoms with E-state index in [-0.39, 0.29) is 23.5 Å². The Balaban J connectivity index is 1.74. The third-order valence-corrected chi connectivity index (χ3v) is 7.78. The lowest BCUT2D eigenvalue weighted by atomic mass is 9.47. The molecule has 0 amide bonds. The smallest absolute Gasteiger partial charge is 0.139 e. The van der Waals surface area contributed by atoms with E-state index in [2.05, 4.69) is 13.0 Å². The van der Waals surface area contributed by atoms with Crippen LogP contribution in [0, 0.1) is 28.6 Å². The minimum Gasteiger partial charge on any atom is -0.395 e. The summed E-state index contributed by atoms with van der Waals surface area (Å²) in [4.78, 5) is 12.4. The number of aliphatic hydroxyl groups is 2. The molecule has 0 saturated heterocycles. The lowest BCUT2D eigenvalue weighted by Gasteiger charge is -2.57. The Morgan fingerprint density at radius 2 is 2.05 bits per heavy atom. The molecular formula is C19H28O3. The predicted octanol–water partition coefficient (Wildman–Crippen LogP) is 2.85. The Morgan fingerprint density at radius 1 is 1.23 bits per heavy atom. The Morgan fingerprint density at radius 3 is 2.82 bits per heavy atom. The number of carbonyl (C=O) groups excluding carboxylic acids is 1. The highest BCUT2D eigenvalue weighted by molar-refractivity contribution is 5.87. The van der Waals surface area contributed by atoms with Gasteiger partial charge in [0.15, 0.2) is 0 Å². The number of carbonyl (C=O) groups is 1. The van der Waals surface area contributed by atoms with Gasteiger partial charge in [0.1, 0.15) is 5.78 Å². The second-order valence-corrected chi connectivity index (χ2v) is 8.41. The van der Waals surface area contributed by atoms with Gasteiger partial charge in [-0.1, -0.05) is 13.0 Å². The molecule has 3 heteroatoms. The summed E-state index contributed by atoms with van der Waals surface area (Å²) in [6.07, 6.45) is 9.50. The van der Waals surface area contributed by atoms with Crippen LogP contribution in [-0.2, 0) is 4.79 Å². The van der Waals surface area contributed by atoms with E-state index >= 15 is 0 Å². The van der Waals surface area contributed by atoms with Gasteiger partial charge < -0.3 is 10.2 Å². The number of rotatable bonds is 1. The van der Waals surface area contributed by atoms with E-state index in [9.17, 15) is 15.0 Å². The zero-order chi connectivity index (χ0) is 15.5. The number of hydrogen-bond acceptors (Lipinski definition) is 3. The third kappa shape index (κ3) is 1.73. The maximum absolute atomic E-state index is 12.4. The van der Waals surface area contributed by atoms with Crippen LogP contribution in [0.2, 0.25) is 0 Å². The summed E-state index contributed by atoms with van der Waals surface area (Å²) in [6.45, 7) is 2.35. The third-order valence-electron chi connectivity index (χ3n) is 7.78. The van der Waals surface area contributed by atoms with Crippen LogP contribution in [0.25, 0.3) is 0 Å². The maximum atomic E-state index is 12.4. The fourth-order valence-electron chi connectivity index (χ4n) is 6.61. The van der Waals surface area contributed by atoms with Crippen LogP contribution < -0.4 is 0 Å². The molecule has 4 aliphatic rings. The molecule has 2 N–H and O–H groups in total. The predicted molar refractivity (Wildman–Crippen MR) is 84.1 cm³/mol. The van der Waals surface area contributed by atoms with Crippen LogP contribution in [0.3, 0.4) is 0 Å². The van der Waals surface area contributed by atoms with Crippen molar-refractivity contribution < 1.29 is 15.0 Å². The van der Waals surface area contributed by atoms with Gasteiger partial charge in [-0.3, -0.25) is 4.79 Å². The maximum Gasteiger partial charge on any atom is 0.139 e. The molecule has 3 fully saturated rings. The monoisotopic (exact) mass is 304 g/mol. The molecule has 3 unspecified atom stereocenters. The summed E-state index contributed by atoms with van der Waals surface area (Å²) in [7, 11) is 0. The van der Waals surface area contributed by atoms with Crippen molar-refractivity contribution in [3.63, 3.8) is 0 Å². The van der Waals surface area contributed by atoms with Crippen molar-refractivity contribution in [3.8, 4) is 0 Å². The van der Waals surface area contributed by atoms with Crippen LogP contribution in [0.4, 0.5) is 0 Å². The van der Waals surface area contributed by atoms with Gasteiger partial charge in [-0.15, -0.1) is 0 Å². The molecule has 0 aromatic rings. The van der Waals surface area contributed by atoms with Gasteiger partial charge in [0, 0.05) is 17.3 Å². The molecule has 4 aliphatic carbocycles. The van der Waals surface area contributed by atoms with Crippen molar-refractivity contribution in [3.05, 3.63) is 11.6 Å². The number of hydrogen-bond donors (Lipinski definition) is 2. The van der Waals surface area contributed by atoms with Crippen LogP contribution in [-0.4, -0.2) is 28.7 Å². The van der Waals surface area contributed by atoms with Crippen molar-refractivity contribution in [2.75, 3.05) is 6.61 Å². The molecule has 0 heterocycles. The van der Waals surface area contributed by atoms with Gasteiger partial charge in [-0.05, 0) is 68.3 Å². The van der Waals surface area contributed by atoms with Crippen molar-refractivity contribution in [1.82, 2.24) is 0 Å². The first-order chi connectivity index (χ1) is 10.5. The van der Waals surface area contributed by atoms with Gasteiger partial charge in [0.25, 0.3) is 0 Å². The van der Waals surface area contributed by atoms with Crippen molar-refractivity contribution in [1.29, 1.82) is 0 Å². The second kappa shape index (κ2) is 4.91. The highest BCUT2D eigenvalue weighted by Gasteiger charge is 2.60. The summed E-state index contributed by atoms with van der Waals surface area (Å²) in [5.74, 6) is 1.93. The second-order valence-electron chi connectivity index (χ2n) is 8.41. The first-order valence-corrected chi connectivity index (χ1v) is 9.06. The van der Waals surface area contributed by atoms with Crippen LogP contribution >= 0.6 is 0 Å². The molecule has 0 aliphatic heterocycles. The van der Waals surface area contributed by atoms with Gasteiger partial charge in [-0.25, -0.2) is 0 Å². The molecule has 0 spiro atoms. The molecule has 0 bridgehead atoms. The average molecular weight is 304 g/mol. The molecule has 0 aromatic carbocycles. The minimum atomic E-state index is -0.361. The number of Topliss-reactive ketones (excluding diaryl/α,β-unsaturated/α-hetero) is 1. The van der Waals surface area contributed by atoms with Gasteiger partial charge >= 0.3 is 0 Å². The number of aliphatic hydroxyl groups excluding tert-OH is 2. The highest BCUT2D eigenvalue weighted by Crippen LogP contribution is 2.63. The average Bonchev–Trinajstić information content (AvgIpc) is 2.83. The van der Waals surface area contributed by atoms with Crippen molar-refractivity contribution in [2.24, 2.45) is 28.6 Å². The molecule has 6 atom stereocenters. The van der Waals surface area contributed by atoms with E-state index in [0.717, 1.165) is 56.9 Å². The molecule has 122 valence electrons. The lowest BCUT2D eigenvalue weighted by molar-refractivity contribution is -0.133. The van der Waals surface area contributed by atoms with E-state index in [1.54, 1.807) is 0 Å². The number of ketones is 1. The molecule has 0 aromatic heterocycles. The van der Waals surface area contributed by atoms with Crippen molar-refractivity contribution in [2.45, 2.75) is 64.4 Å². The molecule has 0 radical (unpaired) electrons. The zero-order valence-corrected chi connectivity index (χ0v) is 13.6. The van der Waals surface area contributed by atoms with E-state index in [0.29, 0.717) is 23.5 Å². The highest BCUT2D eigenvalue weighted by atomic mass is 16.3. The minimum absolute atomic E-state index is 0.115. The molecular weight excluding hydrogens is 276 g/mol. The Kier molecular flexibility index (Phi) is 3.32. The normalized spacial score (nSPS) is 50.9. The fourth-order valence-corrected chi connectivity index (χ4v) is 6.61.